The van der Waals surface area contributed by atoms with Crippen molar-refractivity contribution >= 4 is 5.65 Å². The van der Waals surface area contributed by atoms with Crippen LogP contribution in [0, 0.1) is 12.7 Å². The lowest BCUT2D eigenvalue weighted by Crippen LogP contribution is -2.16. The van der Waals surface area contributed by atoms with Crippen molar-refractivity contribution in [3.8, 4) is 11.3 Å². The van der Waals surface area contributed by atoms with Crippen LogP contribution in [-0.4, -0.2) is 14.6 Å². The number of benzene rings is 2. The molecule has 0 fully saturated rings. The van der Waals surface area contributed by atoms with Gasteiger partial charge in [0, 0.05) is 17.3 Å². The second-order valence-electron chi connectivity index (χ2n) is 6.31. The van der Waals surface area contributed by atoms with Crippen LogP contribution in [0.3, 0.4) is 0 Å². The van der Waals surface area contributed by atoms with Crippen LogP contribution in [0.4, 0.5) is 4.39 Å². The molecule has 4 nitrogen and oxygen atoms in total. The molecule has 2 aromatic heterocycles. The molecular formula is C21H18FN3O. The average Bonchev–Trinajstić information content (AvgIpc) is 2.99. The maximum atomic E-state index is 13.8. The van der Waals surface area contributed by atoms with Crippen molar-refractivity contribution in [3.63, 3.8) is 0 Å². The third kappa shape index (κ3) is 2.92. The summed E-state index contributed by atoms with van der Waals surface area (Å²) in [6.07, 6.45) is 1.02. The number of fused-ring (bicyclic) bond motifs is 1. The summed E-state index contributed by atoms with van der Waals surface area (Å²) in [6.45, 7) is 1.95. The third-order valence-corrected chi connectivity index (χ3v) is 4.58. The number of aromatic nitrogens is 3. The SMILES string of the molecule is Cc1c(-c2ccccc2)[nH]n2c(=O)cc(CCc3ccccc3F)nc12. The van der Waals surface area contributed by atoms with Crippen LogP contribution in [0.1, 0.15) is 16.8 Å². The molecule has 26 heavy (non-hydrogen) atoms. The molecule has 0 radical (unpaired) electrons. The van der Waals surface area contributed by atoms with E-state index in [9.17, 15) is 9.18 Å². The van der Waals surface area contributed by atoms with Gasteiger partial charge in [-0.1, -0.05) is 48.5 Å². The van der Waals surface area contributed by atoms with E-state index < -0.39 is 0 Å². The summed E-state index contributed by atoms with van der Waals surface area (Å²) in [5, 5.41) is 3.14. The summed E-state index contributed by atoms with van der Waals surface area (Å²) in [5.74, 6) is -0.227. The molecule has 2 heterocycles. The quantitative estimate of drug-likeness (QED) is 0.608. The summed E-state index contributed by atoms with van der Waals surface area (Å²) < 4.78 is 15.3. The van der Waals surface area contributed by atoms with Crippen molar-refractivity contribution in [2.45, 2.75) is 19.8 Å². The molecule has 4 aromatic rings. The molecule has 2 aromatic carbocycles. The van der Waals surface area contributed by atoms with Gasteiger partial charge in [0.25, 0.3) is 5.56 Å². The number of hydrogen-bond donors (Lipinski definition) is 1. The fraction of sp³-hybridized carbons (Fsp3) is 0.143. The molecule has 0 unspecified atom stereocenters. The summed E-state index contributed by atoms with van der Waals surface area (Å²) in [6, 6.07) is 18.0. The van der Waals surface area contributed by atoms with Crippen molar-refractivity contribution in [2.75, 3.05) is 0 Å². The van der Waals surface area contributed by atoms with Gasteiger partial charge >= 0.3 is 0 Å². The zero-order chi connectivity index (χ0) is 18.1. The van der Waals surface area contributed by atoms with Crippen molar-refractivity contribution < 1.29 is 4.39 Å². The van der Waals surface area contributed by atoms with Gasteiger partial charge in [0.1, 0.15) is 5.82 Å². The minimum Gasteiger partial charge on any atom is -0.289 e. The van der Waals surface area contributed by atoms with E-state index in [2.05, 4.69) is 10.1 Å². The first-order valence-corrected chi connectivity index (χ1v) is 8.53. The molecule has 0 saturated heterocycles. The van der Waals surface area contributed by atoms with E-state index >= 15 is 0 Å². The summed E-state index contributed by atoms with van der Waals surface area (Å²) >= 11 is 0. The fourth-order valence-electron chi connectivity index (χ4n) is 3.17. The van der Waals surface area contributed by atoms with Gasteiger partial charge in [-0.05, 0) is 37.0 Å². The molecule has 0 aliphatic rings. The van der Waals surface area contributed by atoms with Crippen LogP contribution < -0.4 is 5.56 Å². The van der Waals surface area contributed by atoms with Gasteiger partial charge in [-0.3, -0.25) is 9.89 Å². The Hall–Kier alpha value is -3.21. The molecule has 1 N–H and O–H groups in total. The first-order chi connectivity index (χ1) is 12.6. The molecule has 4 rings (SSSR count). The number of H-pyrrole nitrogens is 1. The minimum absolute atomic E-state index is 0.163. The van der Waals surface area contributed by atoms with Gasteiger partial charge in [-0.25, -0.2) is 13.9 Å². The summed E-state index contributed by atoms with van der Waals surface area (Å²) in [5.41, 5.74) is 4.54. The lowest BCUT2D eigenvalue weighted by Gasteiger charge is -2.03. The smallest absolute Gasteiger partial charge is 0.272 e. The zero-order valence-corrected chi connectivity index (χ0v) is 14.4. The fourth-order valence-corrected chi connectivity index (χ4v) is 3.17. The van der Waals surface area contributed by atoms with Crippen LogP contribution >= 0.6 is 0 Å². The highest BCUT2D eigenvalue weighted by atomic mass is 19.1. The summed E-state index contributed by atoms with van der Waals surface area (Å²) in [7, 11) is 0. The van der Waals surface area contributed by atoms with Gasteiger partial charge in [-0.2, -0.15) is 0 Å². The van der Waals surface area contributed by atoms with E-state index in [1.807, 2.05) is 43.3 Å². The summed E-state index contributed by atoms with van der Waals surface area (Å²) in [4.78, 5) is 17.1. The highest BCUT2D eigenvalue weighted by Crippen LogP contribution is 2.23. The minimum atomic E-state index is -0.227. The maximum absolute atomic E-state index is 13.8. The van der Waals surface area contributed by atoms with Crippen LogP contribution in [0.25, 0.3) is 16.9 Å². The van der Waals surface area contributed by atoms with Crippen molar-refractivity contribution in [1.82, 2.24) is 14.6 Å². The average molecular weight is 347 g/mol. The Morgan fingerprint density at radius 3 is 2.54 bits per heavy atom. The number of rotatable bonds is 4. The van der Waals surface area contributed by atoms with Crippen LogP contribution in [-0.2, 0) is 12.8 Å². The van der Waals surface area contributed by atoms with Crippen molar-refractivity contribution in [3.05, 3.63) is 93.7 Å². The second kappa shape index (κ2) is 6.59. The predicted molar refractivity (Wildman–Crippen MR) is 99.8 cm³/mol. The van der Waals surface area contributed by atoms with Crippen LogP contribution in [0.2, 0.25) is 0 Å². The van der Waals surface area contributed by atoms with E-state index in [1.165, 1.54) is 16.6 Å². The Morgan fingerprint density at radius 1 is 1.04 bits per heavy atom. The zero-order valence-electron chi connectivity index (χ0n) is 14.4. The molecule has 0 bridgehead atoms. The number of halogens is 1. The normalized spacial score (nSPS) is 11.2. The highest BCUT2D eigenvalue weighted by molar-refractivity contribution is 5.70. The van der Waals surface area contributed by atoms with Gasteiger partial charge in [0.05, 0.1) is 5.69 Å². The van der Waals surface area contributed by atoms with Crippen LogP contribution in [0.5, 0.6) is 0 Å². The predicted octanol–water partition coefficient (Wildman–Crippen LogP) is 3.92. The topological polar surface area (TPSA) is 50.2 Å². The van der Waals surface area contributed by atoms with Gasteiger partial charge in [-0.15, -0.1) is 0 Å². The lowest BCUT2D eigenvalue weighted by molar-refractivity contribution is 0.608. The molecule has 130 valence electrons. The Kier molecular flexibility index (Phi) is 4.13. The van der Waals surface area contributed by atoms with E-state index in [0.717, 1.165) is 16.8 Å². The van der Waals surface area contributed by atoms with E-state index in [1.54, 1.807) is 12.1 Å². The molecular weight excluding hydrogens is 329 g/mol. The Bertz CT molecular complexity index is 1130. The number of aryl methyl sites for hydroxylation is 3. The number of nitrogens with one attached hydrogen (secondary N) is 1. The van der Waals surface area contributed by atoms with Gasteiger partial charge in [0.2, 0.25) is 0 Å². The molecule has 0 spiro atoms. The highest BCUT2D eigenvalue weighted by Gasteiger charge is 2.13. The van der Waals surface area contributed by atoms with E-state index in [-0.39, 0.29) is 11.4 Å². The Morgan fingerprint density at radius 2 is 1.77 bits per heavy atom. The maximum Gasteiger partial charge on any atom is 0.272 e. The Labute approximate surface area is 149 Å². The monoisotopic (exact) mass is 347 g/mol. The van der Waals surface area contributed by atoms with Crippen molar-refractivity contribution in [1.29, 1.82) is 0 Å². The molecule has 0 aliphatic heterocycles. The second-order valence-corrected chi connectivity index (χ2v) is 6.31. The van der Waals surface area contributed by atoms with E-state index in [4.69, 9.17) is 0 Å². The van der Waals surface area contributed by atoms with Gasteiger partial charge < -0.3 is 0 Å². The standard InChI is InChI=1S/C21H18FN3O/c1-14-20(16-8-3-2-4-9-16)24-25-19(26)13-17(23-21(14)25)12-11-15-7-5-6-10-18(15)22/h2-10,13,24H,11-12H2,1H3. The van der Waals surface area contributed by atoms with Gasteiger partial charge in [0.15, 0.2) is 5.65 Å². The number of hydrogen-bond acceptors (Lipinski definition) is 2. The first kappa shape index (κ1) is 16.3. The molecule has 0 saturated carbocycles. The molecule has 5 heteroatoms. The van der Waals surface area contributed by atoms with E-state index in [0.29, 0.717) is 29.7 Å². The first-order valence-electron chi connectivity index (χ1n) is 8.53. The molecule has 0 aliphatic carbocycles. The van der Waals surface area contributed by atoms with Crippen LogP contribution in [0.15, 0.2) is 65.5 Å². The third-order valence-electron chi connectivity index (χ3n) is 4.58. The lowest BCUT2D eigenvalue weighted by atomic mass is 10.1. The Balaban J connectivity index is 1.71. The molecule has 0 amide bonds. The number of nitrogens with zero attached hydrogens (tertiary/aromatic N) is 2. The van der Waals surface area contributed by atoms with Crippen molar-refractivity contribution in [2.24, 2.45) is 0 Å². The largest absolute Gasteiger partial charge is 0.289 e. The molecule has 0 atom stereocenters. The number of aromatic amines is 1.